The van der Waals surface area contributed by atoms with Crippen LogP contribution >= 0.6 is 0 Å². The van der Waals surface area contributed by atoms with E-state index in [1.54, 1.807) is 0 Å². The maximum Gasteiger partial charge on any atom is 0.192 e. The molecule has 0 aliphatic rings. The van der Waals surface area contributed by atoms with E-state index in [9.17, 15) is 0 Å². The maximum atomic E-state index is 6.06. The molecule has 1 nitrogen and oxygen atoms in total. The third-order valence-electron chi connectivity index (χ3n) is 3.53. The minimum absolute atomic E-state index is 0.302. The molecule has 0 saturated carbocycles. The van der Waals surface area contributed by atoms with Crippen molar-refractivity contribution in [1.29, 1.82) is 0 Å². The Balaban J connectivity index is 3.72. The molecule has 0 heterocycles. The second kappa shape index (κ2) is 8.49. The molecular weight excluding hydrogens is 236 g/mol. The minimum Gasteiger partial charge on any atom is -0.413 e. The molecule has 0 atom stereocenters. The van der Waals surface area contributed by atoms with Gasteiger partial charge in [0.25, 0.3) is 0 Å². The average molecular weight is 267 g/mol. The standard InChI is InChI=1S/C16H30OSi/c1-7-8-9-10-11-12-13-14-15-17-18(5,6)16(2,3)4/h7-9,13-14H,1,10-12,15H2,2-6H3/b9-8+,14-13+. The fourth-order valence-corrected chi connectivity index (χ4v) is 2.15. The van der Waals surface area contributed by atoms with Crippen molar-refractivity contribution in [2.45, 2.75) is 58.2 Å². The largest absolute Gasteiger partial charge is 0.413 e. The first-order valence-electron chi connectivity index (χ1n) is 6.88. The van der Waals surface area contributed by atoms with E-state index in [4.69, 9.17) is 4.43 Å². The third-order valence-corrected chi connectivity index (χ3v) is 8.03. The Morgan fingerprint density at radius 3 is 2.22 bits per heavy atom. The summed E-state index contributed by atoms with van der Waals surface area (Å²) in [5.41, 5.74) is 0. The van der Waals surface area contributed by atoms with Gasteiger partial charge in [0, 0.05) is 0 Å². The van der Waals surface area contributed by atoms with Gasteiger partial charge in [-0.15, -0.1) is 0 Å². The van der Waals surface area contributed by atoms with Crippen LogP contribution in [-0.2, 0) is 4.43 Å². The van der Waals surface area contributed by atoms with Crippen molar-refractivity contribution in [3.63, 3.8) is 0 Å². The molecule has 0 spiro atoms. The van der Waals surface area contributed by atoms with Gasteiger partial charge < -0.3 is 4.43 Å². The molecule has 104 valence electrons. The van der Waals surface area contributed by atoms with E-state index in [2.05, 4.69) is 58.7 Å². The summed E-state index contributed by atoms with van der Waals surface area (Å²) in [7, 11) is -1.56. The second-order valence-corrected chi connectivity index (χ2v) is 10.9. The van der Waals surface area contributed by atoms with Crippen molar-refractivity contribution < 1.29 is 4.43 Å². The Morgan fingerprint density at radius 1 is 1.06 bits per heavy atom. The van der Waals surface area contributed by atoms with E-state index in [-0.39, 0.29) is 0 Å². The quantitative estimate of drug-likeness (QED) is 0.245. The van der Waals surface area contributed by atoms with E-state index in [1.807, 2.05) is 12.2 Å². The highest BCUT2D eigenvalue weighted by molar-refractivity contribution is 6.74. The van der Waals surface area contributed by atoms with E-state index in [1.165, 1.54) is 6.42 Å². The zero-order chi connectivity index (χ0) is 14.1. The highest BCUT2D eigenvalue weighted by Gasteiger charge is 2.36. The SMILES string of the molecule is C=C/C=C/CCC/C=C/CO[Si](C)(C)C(C)(C)C. The number of unbranched alkanes of at least 4 members (excludes halogenated alkanes) is 2. The van der Waals surface area contributed by atoms with Gasteiger partial charge in [0.15, 0.2) is 8.32 Å². The van der Waals surface area contributed by atoms with Crippen LogP contribution in [0.1, 0.15) is 40.0 Å². The Morgan fingerprint density at radius 2 is 1.67 bits per heavy atom. The predicted octanol–water partition coefficient (Wildman–Crippen LogP) is 5.48. The average Bonchev–Trinajstić information content (AvgIpc) is 2.25. The van der Waals surface area contributed by atoms with E-state index >= 15 is 0 Å². The van der Waals surface area contributed by atoms with Crippen LogP contribution in [0.5, 0.6) is 0 Å². The lowest BCUT2D eigenvalue weighted by Gasteiger charge is -2.35. The molecule has 0 N–H and O–H groups in total. The van der Waals surface area contributed by atoms with Gasteiger partial charge in [-0.3, -0.25) is 0 Å². The third kappa shape index (κ3) is 7.67. The molecule has 2 heteroatoms. The van der Waals surface area contributed by atoms with Gasteiger partial charge in [-0.05, 0) is 37.4 Å². The number of rotatable bonds is 8. The van der Waals surface area contributed by atoms with Crippen LogP contribution in [0.3, 0.4) is 0 Å². The number of hydrogen-bond donors (Lipinski definition) is 0. The summed E-state index contributed by atoms with van der Waals surface area (Å²) in [4.78, 5) is 0. The zero-order valence-corrected chi connectivity index (χ0v) is 13.8. The van der Waals surface area contributed by atoms with Crippen LogP contribution in [-0.4, -0.2) is 14.9 Å². The van der Waals surface area contributed by atoms with Crippen LogP contribution in [0.2, 0.25) is 18.1 Å². The Kier molecular flexibility index (Phi) is 8.21. The Labute approximate surface area is 115 Å². The van der Waals surface area contributed by atoms with E-state index in [0.29, 0.717) is 5.04 Å². The van der Waals surface area contributed by atoms with Gasteiger partial charge in [-0.2, -0.15) is 0 Å². The molecule has 18 heavy (non-hydrogen) atoms. The normalized spacial score (nSPS) is 13.6. The first kappa shape index (κ1) is 17.4. The van der Waals surface area contributed by atoms with Crippen molar-refractivity contribution in [1.82, 2.24) is 0 Å². The smallest absolute Gasteiger partial charge is 0.192 e. The summed E-state index contributed by atoms with van der Waals surface area (Å²) in [5.74, 6) is 0. The molecular formula is C16H30OSi. The lowest BCUT2D eigenvalue weighted by molar-refractivity contribution is 0.327. The fraction of sp³-hybridized carbons (Fsp3) is 0.625. The first-order valence-corrected chi connectivity index (χ1v) is 9.78. The molecule has 0 rings (SSSR count). The molecule has 0 aromatic heterocycles. The molecule has 0 radical (unpaired) electrons. The fourth-order valence-electron chi connectivity index (χ4n) is 1.20. The van der Waals surface area contributed by atoms with Gasteiger partial charge in [0.05, 0.1) is 6.61 Å². The van der Waals surface area contributed by atoms with Crippen molar-refractivity contribution >= 4 is 8.32 Å². The van der Waals surface area contributed by atoms with Gasteiger partial charge in [-0.1, -0.05) is 57.7 Å². The topological polar surface area (TPSA) is 9.23 Å². The van der Waals surface area contributed by atoms with Crippen LogP contribution in [0.4, 0.5) is 0 Å². The molecule has 0 amide bonds. The first-order chi connectivity index (χ1) is 8.31. The van der Waals surface area contributed by atoms with Gasteiger partial charge in [-0.25, -0.2) is 0 Å². The summed E-state index contributed by atoms with van der Waals surface area (Å²) in [6.07, 6.45) is 13.8. The summed E-state index contributed by atoms with van der Waals surface area (Å²) >= 11 is 0. The summed E-state index contributed by atoms with van der Waals surface area (Å²) in [5, 5.41) is 0.302. The molecule has 0 unspecified atom stereocenters. The van der Waals surface area contributed by atoms with Gasteiger partial charge in [0.1, 0.15) is 0 Å². The highest BCUT2D eigenvalue weighted by Crippen LogP contribution is 2.36. The molecule has 0 aliphatic carbocycles. The minimum atomic E-state index is -1.56. The lowest BCUT2D eigenvalue weighted by Crippen LogP contribution is -2.40. The molecule has 0 bridgehead atoms. The molecule has 0 fully saturated rings. The summed E-state index contributed by atoms with van der Waals surface area (Å²) in [6.45, 7) is 15.8. The monoisotopic (exact) mass is 266 g/mol. The van der Waals surface area contributed by atoms with E-state index in [0.717, 1.165) is 19.4 Å². The Bertz CT molecular complexity index is 282. The van der Waals surface area contributed by atoms with Crippen molar-refractivity contribution in [2.75, 3.05) is 6.61 Å². The predicted molar refractivity (Wildman–Crippen MR) is 85.5 cm³/mol. The molecule has 0 aromatic carbocycles. The van der Waals surface area contributed by atoms with Crippen LogP contribution < -0.4 is 0 Å². The highest BCUT2D eigenvalue weighted by atomic mass is 28.4. The molecule has 0 aromatic rings. The summed E-state index contributed by atoms with van der Waals surface area (Å²) < 4.78 is 6.06. The van der Waals surface area contributed by atoms with Crippen molar-refractivity contribution in [3.8, 4) is 0 Å². The Hall–Kier alpha value is -0.603. The van der Waals surface area contributed by atoms with E-state index < -0.39 is 8.32 Å². The zero-order valence-electron chi connectivity index (χ0n) is 12.8. The maximum absolute atomic E-state index is 6.06. The summed E-state index contributed by atoms with van der Waals surface area (Å²) in [6, 6.07) is 0. The van der Waals surface area contributed by atoms with Crippen LogP contribution in [0.25, 0.3) is 0 Å². The van der Waals surface area contributed by atoms with Gasteiger partial charge in [0.2, 0.25) is 0 Å². The van der Waals surface area contributed by atoms with Crippen LogP contribution in [0.15, 0.2) is 37.0 Å². The number of allylic oxidation sites excluding steroid dienone is 4. The van der Waals surface area contributed by atoms with Gasteiger partial charge >= 0.3 is 0 Å². The second-order valence-electron chi connectivity index (χ2n) is 6.14. The van der Waals surface area contributed by atoms with Crippen LogP contribution in [0, 0.1) is 0 Å². The molecule has 0 aliphatic heterocycles. The lowest BCUT2D eigenvalue weighted by atomic mass is 10.2. The van der Waals surface area contributed by atoms with Crippen molar-refractivity contribution in [3.05, 3.63) is 37.0 Å². The molecule has 0 saturated heterocycles. The van der Waals surface area contributed by atoms with Crippen molar-refractivity contribution in [2.24, 2.45) is 0 Å². The number of hydrogen-bond acceptors (Lipinski definition) is 1.